The lowest BCUT2D eigenvalue weighted by Gasteiger charge is -2.18. The number of benzene rings is 2. The number of ether oxygens (including phenoxy) is 1. The molecule has 0 aliphatic heterocycles. The fourth-order valence-electron chi connectivity index (χ4n) is 2.74. The van der Waals surface area contributed by atoms with Gasteiger partial charge < -0.3 is 15.6 Å². The van der Waals surface area contributed by atoms with Gasteiger partial charge >= 0.3 is 6.09 Å². The van der Waals surface area contributed by atoms with Crippen molar-refractivity contribution in [2.75, 3.05) is 12.9 Å². The zero-order chi connectivity index (χ0) is 20.4. The second kappa shape index (κ2) is 8.37. The number of hydrogen-bond acceptors (Lipinski definition) is 5. The molecule has 6 nitrogen and oxygen atoms in total. The Kier molecular flexibility index (Phi) is 6.62. The molecule has 1 amide bonds. The van der Waals surface area contributed by atoms with Gasteiger partial charge in [-0.15, -0.1) is 0 Å². The largest absolute Gasteiger partial charge is 0.506 e. The standard InChI is InChI=1S/C18H19Cl2NO5S/c1-10(7-8-26-18(21)23)12-4-5-13(17(16(12)22)27(2,24)25)11-3-6-14(19)15(20)9-11/h3-6,9-10,22H,7-8H2,1-2H3,(H2,21,23). The predicted octanol–water partition coefficient (Wildman–Crippen LogP) is 4.36. The van der Waals surface area contributed by atoms with Crippen molar-refractivity contribution in [1.82, 2.24) is 0 Å². The number of nitrogens with two attached hydrogens (primary N) is 1. The molecule has 0 saturated carbocycles. The molecule has 3 N–H and O–H groups in total. The third-order valence-electron chi connectivity index (χ3n) is 4.09. The normalized spacial score (nSPS) is 12.6. The number of sulfone groups is 1. The van der Waals surface area contributed by atoms with E-state index in [4.69, 9.17) is 33.7 Å². The summed E-state index contributed by atoms with van der Waals surface area (Å²) >= 11 is 12.0. The van der Waals surface area contributed by atoms with E-state index >= 15 is 0 Å². The summed E-state index contributed by atoms with van der Waals surface area (Å²) in [5.41, 5.74) is 6.18. The Balaban J connectivity index is 2.53. The predicted molar refractivity (Wildman–Crippen MR) is 105 cm³/mol. The van der Waals surface area contributed by atoms with Crippen molar-refractivity contribution >= 4 is 39.1 Å². The van der Waals surface area contributed by atoms with Gasteiger partial charge in [0.15, 0.2) is 9.84 Å². The number of aromatic hydroxyl groups is 1. The number of phenols is 1. The summed E-state index contributed by atoms with van der Waals surface area (Å²) in [6.45, 7) is 1.84. The highest BCUT2D eigenvalue weighted by Gasteiger charge is 2.24. The van der Waals surface area contributed by atoms with Crippen LogP contribution in [-0.2, 0) is 14.6 Å². The van der Waals surface area contributed by atoms with Gasteiger partial charge in [-0.25, -0.2) is 13.2 Å². The molecule has 0 saturated heterocycles. The Morgan fingerprint density at radius 3 is 2.44 bits per heavy atom. The number of rotatable bonds is 6. The first-order valence-electron chi connectivity index (χ1n) is 7.96. The first kappa shape index (κ1) is 21.3. The summed E-state index contributed by atoms with van der Waals surface area (Å²) in [7, 11) is -3.76. The smallest absolute Gasteiger partial charge is 0.404 e. The van der Waals surface area contributed by atoms with E-state index in [-0.39, 0.29) is 28.2 Å². The van der Waals surface area contributed by atoms with Crippen LogP contribution in [0.4, 0.5) is 4.79 Å². The second-order valence-corrected chi connectivity index (χ2v) is 8.91. The van der Waals surface area contributed by atoms with Gasteiger partial charge in [-0.05, 0) is 35.6 Å². The zero-order valence-electron chi connectivity index (χ0n) is 14.7. The summed E-state index contributed by atoms with van der Waals surface area (Å²) in [6.07, 6.45) is 0.498. The molecule has 0 fully saturated rings. The fraction of sp³-hybridized carbons (Fsp3) is 0.278. The van der Waals surface area contributed by atoms with Gasteiger partial charge in [-0.3, -0.25) is 0 Å². The van der Waals surface area contributed by atoms with E-state index in [0.29, 0.717) is 28.1 Å². The molecule has 0 aliphatic carbocycles. The van der Waals surface area contributed by atoms with E-state index in [2.05, 4.69) is 0 Å². The highest BCUT2D eigenvalue weighted by molar-refractivity contribution is 7.91. The molecule has 9 heteroatoms. The molecule has 1 atom stereocenters. The molecule has 1 unspecified atom stereocenters. The van der Waals surface area contributed by atoms with Gasteiger partial charge in [0.2, 0.25) is 0 Å². The van der Waals surface area contributed by atoms with Crippen molar-refractivity contribution < 1.29 is 23.1 Å². The Morgan fingerprint density at radius 2 is 1.89 bits per heavy atom. The van der Waals surface area contributed by atoms with E-state index in [1.54, 1.807) is 31.2 Å². The first-order valence-corrected chi connectivity index (χ1v) is 10.6. The quantitative estimate of drug-likeness (QED) is 0.706. The highest BCUT2D eigenvalue weighted by atomic mass is 35.5. The Bertz CT molecular complexity index is 976. The maximum atomic E-state index is 12.4. The van der Waals surface area contributed by atoms with Crippen LogP contribution in [0.2, 0.25) is 10.0 Å². The van der Waals surface area contributed by atoms with Crippen LogP contribution in [0, 0.1) is 0 Å². The number of phenolic OH excluding ortho intramolecular Hbond substituents is 1. The van der Waals surface area contributed by atoms with Crippen molar-refractivity contribution in [1.29, 1.82) is 0 Å². The lowest BCUT2D eigenvalue weighted by Crippen LogP contribution is -2.15. The monoisotopic (exact) mass is 431 g/mol. The van der Waals surface area contributed by atoms with Gasteiger partial charge in [0.25, 0.3) is 0 Å². The Hall–Kier alpha value is -1.96. The van der Waals surface area contributed by atoms with Crippen LogP contribution in [-0.4, -0.2) is 32.5 Å². The molecule has 0 radical (unpaired) electrons. The van der Waals surface area contributed by atoms with Crippen molar-refractivity contribution in [2.45, 2.75) is 24.2 Å². The fourth-order valence-corrected chi connectivity index (χ4v) is 4.09. The van der Waals surface area contributed by atoms with Crippen LogP contribution in [0.25, 0.3) is 11.1 Å². The summed E-state index contributed by atoms with van der Waals surface area (Å²) in [4.78, 5) is 10.5. The number of hydrogen-bond donors (Lipinski definition) is 2. The SMILES string of the molecule is CC(CCOC(N)=O)c1ccc(-c2ccc(Cl)c(Cl)c2)c(S(C)(=O)=O)c1O. The summed E-state index contributed by atoms with van der Waals surface area (Å²) in [5, 5.41) is 11.3. The third kappa shape index (κ3) is 5.06. The van der Waals surface area contributed by atoms with Gasteiger partial charge in [-0.1, -0.05) is 48.3 Å². The van der Waals surface area contributed by atoms with E-state index in [0.717, 1.165) is 6.26 Å². The van der Waals surface area contributed by atoms with Gasteiger partial charge in [0.1, 0.15) is 10.6 Å². The number of primary amides is 1. The summed E-state index contributed by atoms with van der Waals surface area (Å²) in [6, 6.07) is 7.96. The minimum Gasteiger partial charge on any atom is -0.506 e. The Labute approximate surface area is 167 Å². The van der Waals surface area contributed by atoms with Crippen molar-refractivity contribution in [3.8, 4) is 16.9 Å². The molecule has 27 heavy (non-hydrogen) atoms. The molecule has 2 rings (SSSR count). The van der Waals surface area contributed by atoms with Crippen LogP contribution >= 0.6 is 23.2 Å². The molecular formula is C18H19Cl2NO5S. The van der Waals surface area contributed by atoms with Gasteiger partial charge in [0.05, 0.1) is 16.7 Å². The summed E-state index contributed by atoms with van der Waals surface area (Å²) in [5.74, 6) is -0.611. The average molecular weight is 432 g/mol. The van der Waals surface area contributed by atoms with E-state index in [9.17, 15) is 18.3 Å². The van der Waals surface area contributed by atoms with Crippen LogP contribution in [0.1, 0.15) is 24.8 Å². The lowest BCUT2D eigenvalue weighted by molar-refractivity contribution is 0.153. The maximum Gasteiger partial charge on any atom is 0.404 e. The summed E-state index contributed by atoms with van der Waals surface area (Å²) < 4.78 is 29.4. The molecule has 0 bridgehead atoms. The minimum absolute atomic E-state index is 0.0543. The lowest BCUT2D eigenvalue weighted by atomic mass is 9.94. The molecule has 146 valence electrons. The van der Waals surface area contributed by atoms with E-state index in [1.165, 1.54) is 6.07 Å². The Morgan fingerprint density at radius 1 is 1.22 bits per heavy atom. The third-order valence-corrected chi connectivity index (χ3v) is 5.98. The first-order chi connectivity index (χ1) is 12.5. The van der Waals surface area contributed by atoms with Crippen LogP contribution in [0.5, 0.6) is 5.75 Å². The van der Waals surface area contributed by atoms with Crippen LogP contribution < -0.4 is 5.73 Å². The minimum atomic E-state index is -3.76. The van der Waals surface area contributed by atoms with Crippen molar-refractivity contribution in [2.24, 2.45) is 5.73 Å². The molecule has 0 spiro atoms. The maximum absolute atomic E-state index is 12.4. The van der Waals surface area contributed by atoms with E-state index < -0.39 is 15.9 Å². The van der Waals surface area contributed by atoms with Crippen LogP contribution in [0.3, 0.4) is 0 Å². The van der Waals surface area contributed by atoms with Crippen molar-refractivity contribution in [3.63, 3.8) is 0 Å². The van der Waals surface area contributed by atoms with E-state index in [1.807, 2.05) is 0 Å². The highest BCUT2D eigenvalue weighted by Crippen LogP contribution is 2.41. The molecular weight excluding hydrogens is 413 g/mol. The zero-order valence-corrected chi connectivity index (χ0v) is 17.0. The number of amides is 1. The second-order valence-electron chi connectivity index (χ2n) is 6.14. The average Bonchev–Trinajstić information content (AvgIpc) is 2.55. The molecule has 2 aromatic rings. The number of carbonyl (C=O) groups excluding carboxylic acids is 1. The van der Waals surface area contributed by atoms with Gasteiger partial charge in [-0.2, -0.15) is 0 Å². The molecule has 2 aromatic carbocycles. The van der Waals surface area contributed by atoms with Gasteiger partial charge in [0, 0.05) is 11.8 Å². The number of carbonyl (C=O) groups is 1. The molecule has 0 aliphatic rings. The topological polar surface area (TPSA) is 107 Å². The molecule has 0 aromatic heterocycles. The molecule has 0 heterocycles. The van der Waals surface area contributed by atoms with Crippen molar-refractivity contribution in [3.05, 3.63) is 45.9 Å². The van der Waals surface area contributed by atoms with Crippen LogP contribution in [0.15, 0.2) is 35.2 Å². The number of halogens is 2.